The van der Waals surface area contributed by atoms with Crippen molar-refractivity contribution in [3.63, 3.8) is 0 Å². The monoisotopic (exact) mass is 272 g/mol. The Kier molecular flexibility index (Phi) is 4.26. The Balaban J connectivity index is 2.19. The van der Waals surface area contributed by atoms with Crippen LogP contribution in [0.5, 0.6) is 0 Å². The molecule has 1 fully saturated rings. The lowest BCUT2D eigenvalue weighted by atomic mass is 10.1. The minimum absolute atomic E-state index is 0.0259. The van der Waals surface area contributed by atoms with Gasteiger partial charge in [0.25, 0.3) is 0 Å². The standard InChI is InChI=1S/C12H14F2N2O3/c13-9-6-10(14)12(16(17)18)7-11(9)15-8-2-1-4-19-5-3-8/h6-8,15H,1-5H2. The smallest absolute Gasteiger partial charge is 0.307 e. The Bertz CT molecular complexity index is 474. The van der Waals surface area contributed by atoms with Crippen LogP contribution >= 0.6 is 0 Å². The van der Waals surface area contributed by atoms with E-state index in [1.54, 1.807) is 0 Å². The molecule has 0 aromatic heterocycles. The van der Waals surface area contributed by atoms with Gasteiger partial charge >= 0.3 is 5.69 Å². The van der Waals surface area contributed by atoms with Crippen molar-refractivity contribution in [2.24, 2.45) is 0 Å². The first-order valence-electron chi connectivity index (χ1n) is 6.05. The second-order valence-corrected chi connectivity index (χ2v) is 4.43. The van der Waals surface area contributed by atoms with Crippen LogP contribution in [0.4, 0.5) is 20.2 Å². The van der Waals surface area contributed by atoms with Gasteiger partial charge in [0.15, 0.2) is 0 Å². The number of anilines is 1. The van der Waals surface area contributed by atoms with Crippen LogP contribution in [-0.2, 0) is 4.74 Å². The average molecular weight is 272 g/mol. The second-order valence-electron chi connectivity index (χ2n) is 4.43. The molecule has 0 bridgehead atoms. The van der Waals surface area contributed by atoms with Crippen LogP contribution in [0, 0.1) is 21.7 Å². The molecule has 5 nitrogen and oxygen atoms in total. The zero-order chi connectivity index (χ0) is 13.8. The van der Waals surface area contributed by atoms with E-state index >= 15 is 0 Å². The highest BCUT2D eigenvalue weighted by molar-refractivity contribution is 5.53. The van der Waals surface area contributed by atoms with Crippen LogP contribution in [0.1, 0.15) is 19.3 Å². The summed E-state index contributed by atoms with van der Waals surface area (Å²) in [5.74, 6) is -1.99. The van der Waals surface area contributed by atoms with Gasteiger partial charge < -0.3 is 10.1 Å². The molecule has 7 heteroatoms. The lowest BCUT2D eigenvalue weighted by Gasteiger charge is -2.17. The molecule has 1 unspecified atom stereocenters. The Morgan fingerprint density at radius 2 is 2.05 bits per heavy atom. The van der Waals surface area contributed by atoms with Gasteiger partial charge in [-0.2, -0.15) is 4.39 Å². The Labute approximate surface area is 108 Å². The first-order chi connectivity index (χ1) is 9.08. The zero-order valence-corrected chi connectivity index (χ0v) is 10.2. The van der Waals surface area contributed by atoms with Crippen molar-refractivity contribution in [2.45, 2.75) is 25.3 Å². The highest BCUT2D eigenvalue weighted by atomic mass is 19.1. The minimum Gasteiger partial charge on any atom is -0.381 e. The topological polar surface area (TPSA) is 64.4 Å². The van der Waals surface area contributed by atoms with E-state index in [1.807, 2.05) is 0 Å². The second kappa shape index (κ2) is 5.92. The number of rotatable bonds is 3. The van der Waals surface area contributed by atoms with E-state index in [9.17, 15) is 18.9 Å². The largest absolute Gasteiger partial charge is 0.381 e. The molecule has 0 spiro atoms. The van der Waals surface area contributed by atoms with Gasteiger partial charge in [-0.15, -0.1) is 0 Å². The van der Waals surface area contributed by atoms with Crippen LogP contribution < -0.4 is 5.32 Å². The van der Waals surface area contributed by atoms with Gasteiger partial charge in [-0.3, -0.25) is 10.1 Å². The number of nitro benzene ring substituents is 1. The fraction of sp³-hybridized carbons (Fsp3) is 0.500. The number of benzene rings is 1. The maximum absolute atomic E-state index is 13.6. The van der Waals surface area contributed by atoms with Crippen LogP contribution in [0.15, 0.2) is 12.1 Å². The molecule has 1 atom stereocenters. The van der Waals surface area contributed by atoms with Gasteiger partial charge in [0.2, 0.25) is 5.82 Å². The first-order valence-corrected chi connectivity index (χ1v) is 6.05. The number of nitrogens with zero attached hydrogens (tertiary/aromatic N) is 1. The number of ether oxygens (including phenoxy) is 1. The van der Waals surface area contributed by atoms with E-state index in [0.29, 0.717) is 25.7 Å². The quantitative estimate of drug-likeness (QED) is 0.678. The van der Waals surface area contributed by atoms with Crippen LogP contribution in [0.25, 0.3) is 0 Å². The van der Waals surface area contributed by atoms with E-state index in [-0.39, 0.29) is 11.7 Å². The molecular weight excluding hydrogens is 258 g/mol. The molecule has 1 aliphatic heterocycles. The fourth-order valence-electron chi connectivity index (χ4n) is 2.06. The Morgan fingerprint density at radius 1 is 1.26 bits per heavy atom. The fourth-order valence-corrected chi connectivity index (χ4v) is 2.06. The summed E-state index contributed by atoms with van der Waals surface area (Å²) in [5, 5.41) is 13.5. The van der Waals surface area contributed by atoms with Crippen molar-refractivity contribution >= 4 is 11.4 Å². The third-order valence-electron chi connectivity index (χ3n) is 3.04. The van der Waals surface area contributed by atoms with Crippen LogP contribution in [0.3, 0.4) is 0 Å². The van der Waals surface area contributed by atoms with Gasteiger partial charge in [-0.25, -0.2) is 4.39 Å². The van der Waals surface area contributed by atoms with E-state index in [0.717, 1.165) is 18.9 Å². The van der Waals surface area contributed by atoms with Gasteiger partial charge in [0.1, 0.15) is 5.82 Å². The summed E-state index contributed by atoms with van der Waals surface area (Å²) < 4.78 is 32.1. The maximum Gasteiger partial charge on any atom is 0.307 e. The third kappa shape index (κ3) is 3.37. The van der Waals surface area contributed by atoms with Crippen molar-refractivity contribution in [2.75, 3.05) is 18.5 Å². The molecule has 19 heavy (non-hydrogen) atoms. The van der Waals surface area contributed by atoms with Gasteiger partial charge in [-0.05, 0) is 19.3 Å². The van der Waals surface area contributed by atoms with E-state index in [4.69, 9.17) is 4.74 Å². The number of nitrogens with one attached hydrogen (secondary N) is 1. The molecule has 0 saturated carbocycles. The lowest BCUT2D eigenvalue weighted by molar-refractivity contribution is -0.387. The molecule has 0 aliphatic carbocycles. The van der Waals surface area contributed by atoms with Gasteiger partial charge in [0, 0.05) is 31.4 Å². The summed E-state index contributed by atoms with van der Waals surface area (Å²) in [4.78, 5) is 9.76. The third-order valence-corrected chi connectivity index (χ3v) is 3.04. The van der Waals surface area contributed by atoms with Crippen molar-refractivity contribution in [1.82, 2.24) is 0 Å². The van der Waals surface area contributed by atoms with Crippen LogP contribution in [-0.4, -0.2) is 24.2 Å². The summed E-state index contributed by atoms with van der Waals surface area (Å²) in [5.41, 5.74) is -0.770. The number of nitro groups is 1. The molecule has 1 aromatic rings. The Hall–Kier alpha value is -1.76. The molecular formula is C12H14F2N2O3. The molecule has 1 aliphatic rings. The van der Waals surface area contributed by atoms with Crippen molar-refractivity contribution in [1.29, 1.82) is 0 Å². The molecule has 0 radical (unpaired) electrons. The summed E-state index contributed by atoms with van der Waals surface area (Å²) in [6.45, 7) is 1.22. The predicted molar refractivity (Wildman–Crippen MR) is 65.1 cm³/mol. The first kappa shape index (κ1) is 13.7. The normalized spacial score (nSPS) is 19.8. The number of halogens is 2. The lowest BCUT2D eigenvalue weighted by Crippen LogP contribution is -2.20. The highest BCUT2D eigenvalue weighted by Crippen LogP contribution is 2.26. The summed E-state index contributed by atoms with van der Waals surface area (Å²) in [6.07, 6.45) is 2.30. The van der Waals surface area contributed by atoms with E-state index in [2.05, 4.69) is 5.32 Å². The van der Waals surface area contributed by atoms with Gasteiger partial charge in [-0.1, -0.05) is 0 Å². The summed E-state index contributed by atoms with van der Waals surface area (Å²) >= 11 is 0. The SMILES string of the molecule is O=[N+]([O-])c1cc(NC2CCCOCC2)c(F)cc1F. The molecule has 104 valence electrons. The van der Waals surface area contributed by atoms with E-state index < -0.39 is 22.2 Å². The van der Waals surface area contributed by atoms with E-state index in [1.165, 1.54) is 0 Å². The summed E-state index contributed by atoms with van der Waals surface area (Å²) in [7, 11) is 0. The zero-order valence-electron chi connectivity index (χ0n) is 10.2. The minimum atomic E-state index is -1.17. The summed E-state index contributed by atoms with van der Waals surface area (Å²) in [6, 6.07) is 1.41. The molecule has 0 amide bonds. The molecule has 1 N–H and O–H groups in total. The number of hydrogen-bond donors (Lipinski definition) is 1. The maximum atomic E-state index is 13.6. The van der Waals surface area contributed by atoms with Gasteiger partial charge in [0.05, 0.1) is 10.6 Å². The molecule has 1 saturated heterocycles. The Morgan fingerprint density at radius 3 is 2.79 bits per heavy atom. The average Bonchev–Trinajstić information content (AvgIpc) is 2.60. The van der Waals surface area contributed by atoms with Crippen molar-refractivity contribution in [3.05, 3.63) is 33.9 Å². The molecule has 1 heterocycles. The van der Waals surface area contributed by atoms with Crippen LogP contribution in [0.2, 0.25) is 0 Å². The highest BCUT2D eigenvalue weighted by Gasteiger charge is 2.20. The molecule has 2 rings (SSSR count). The predicted octanol–water partition coefficient (Wildman–Crippen LogP) is 2.85. The van der Waals surface area contributed by atoms with Crippen molar-refractivity contribution < 1.29 is 18.4 Å². The molecule has 1 aromatic carbocycles. The number of hydrogen-bond acceptors (Lipinski definition) is 4. The van der Waals surface area contributed by atoms with Crippen molar-refractivity contribution in [3.8, 4) is 0 Å².